The highest BCUT2D eigenvalue weighted by molar-refractivity contribution is 5.31. The van der Waals surface area contributed by atoms with Crippen LogP contribution in [0.2, 0.25) is 0 Å². The van der Waals surface area contributed by atoms with Crippen LogP contribution in [0.4, 0.5) is 13.2 Å². The molecule has 0 saturated heterocycles. The number of hydrogen-bond acceptors (Lipinski definition) is 1. The van der Waals surface area contributed by atoms with Crippen molar-refractivity contribution in [3.63, 3.8) is 0 Å². The lowest BCUT2D eigenvalue weighted by Crippen LogP contribution is -2.13. The van der Waals surface area contributed by atoms with Gasteiger partial charge < -0.3 is 5.73 Å². The quantitative estimate of drug-likeness (QED) is 0.851. The second kappa shape index (κ2) is 5.54. The summed E-state index contributed by atoms with van der Waals surface area (Å²) in [6, 6.07) is 5.49. The van der Waals surface area contributed by atoms with Crippen molar-refractivity contribution in [3.8, 4) is 0 Å². The average molecular weight is 245 g/mol. The van der Waals surface area contributed by atoms with E-state index in [2.05, 4.69) is 0 Å². The standard InChI is InChI=1S/C13H18F3N/c1-9-5-6-11(8-10(9)2)12(17)4-3-7-13(14,15)16/h5-6,8,12H,3-4,7,17H2,1-2H3. The lowest BCUT2D eigenvalue weighted by molar-refractivity contribution is -0.135. The number of hydrogen-bond donors (Lipinski definition) is 1. The monoisotopic (exact) mass is 245 g/mol. The molecule has 0 fully saturated rings. The smallest absolute Gasteiger partial charge is 0.324 e. The first kappa shape index (κ1) is 14.0. The summed E-state index contributed by atoms with van der Waals surface area (Å²) in [4.78, 5) is 0. The van der Waals surface area contributed by atoms with Crippen LogP contribution in [0.3, 0.4) is 0 Å². The fourth-order valence-corrected chi connectivity index (χ4v) is 1.68. The van der Waals surface area contributed by atoms with Crippen molar-refractivity contribution in [2.45, 2.75) is 45.3 Å². The summed E-state index contributed by atoms with van der Waals surface area (Å²) in [5.41, 5.74) is 9.07. The van der Waals surface area contributed by atoms with Gasteiger partial charge in [-0.2, -0.15) is 13.2 Å². The summed E-state index contributed by atoms with van der Waals surface area (Å²) in [6.07, 6.45) is -4.39. The van der Waals surface area contributed by atoms with E-state index in [4.69, 9.17) is 5.73 Å². The Labute approximate surface area is 99.8 Å². The van der Waals surface area contributed by atoms with E-state index in [9.17, 15) is 13.2 Å². The average Bonchev–Trinajstić information content (AvgIpc) is 2.20. The second-order valence-electron chi connectivity index (χ2n) is 4.46. The predicted octanol–water partition coefficient (Wildman–Crippen LogP) is 4.04. The number of benzene rings is 1. The van der Waals surface area contributed by atoms with Gasteiger partial charge in [-0.3, -0.25) is 0 Å². The highest BCUT2D eigenvalue weighted by Crippen LogP contribution is 2.25. The molecule has 1 aromatic rings. The van der Waals surface area contributed by atoms with Crippen molar-refractivity contribution in [1.29, 1.82) is 0 Å². The maximum Gasteiger partial charge on any atom is 0.389 e. The van der Waals surface area contributed by atoms with E-state index in [0.29, 0.717) is 6.42 Å². The third-order valence-electron chi connectivity index (χ3n) is 2.93. The largest absolute Gasteiger partial charge is 0.389 e. The normalized spacial score (nSPS) is 13.8. The lowest BCUT2D eigenvalue weighted by Gasteiger charge is -2.14. The Morgan fingerprint density at radius 3 is 2.35 bits per heavy atom. The number of rotatable bonds is 4. The van der Waals surface area contributed by atoms with Gasteiger partial charge in [-0.1, -0.05) is 18.2 Å². The van der Waals surface area contributed by atoms with Crippen LogP contribution in [0.1, 0.15) is 42.0 Å². The maximum absolute atomic E-state index is 12.0. The predicted molar refractivity (Wildman–Crippen MR) is 62.8 cm³/mol. The molecular formula is C13H18F3N. The van der Waals surface area contributed by atoms with Crippen molar-refractivity contribution in [3.05, 3.63) is 34.9 Å². The van der Waals surface area contributed by atoms with Gasteiger partial charge in [-0.15, -0.1) is 0 Å². The molecule has 0 radical (unpaired) electrons. The van der Waals surface area contributed by atoms with Crippen molar-refractivity contribution >= 4 is 0 Å². The number of alkyl halides is 3. The summed E-state index contributed by atoms with van der Waals surface area (Å²) in [5.74, 6) is 0. The molecule has 96 valence electrons. The van der Waals surface area contributed by atoms with E-state index in [1.807, 2.05) is 32.0 Å². The minimum Gasteiger partial charge on any atom is -0.324 e. The minimum absolute atomic E-state index is 0.0809. The summed E-state index contributed by atoms with van der Waals surface area (Å²) in [6.45, 7) is 3.97. The van der Waals surface area contributed by atoms with Gasteiger partial charge in [0.15, 0.2) is 0 Å². The van der Waals surface area contributed by atoms with Crippen molar-refractivity contribution in [1.82, 2.24) is 0 Å². The minimum atomic E-state index is -4.08. The maximum atomic E-state index is 12.0. The Kier molecular flexibility index (Phi) is 4.57. The Morgan fingerprint density at radius 2 is 1.82 bits per heavy atom. The lowest BCUT2D eigenvalue weighted by atomic mass is 9.98. The molecule has 0 aliphatic heterocycles. The van der Waals surface area contributed by atoms with Crippen LogP contribution >= 0.6 is 0 Å². The molecule has 0 aliphatic rings. The number of nitrogens with two attached hydrogens (primary N) is 1. The molecule has 1 atom stereocenters. The molecule has 17 heavy (non-hydrogen) atoms. The highest BCUT2D eigenvalue weighted by Gasteiger charge is 2.26. The Balaban J connectivity index is 2.52. The molecule has 1 nitrogen and oxygen atoms in total. The van der Waals surface area contributed by atoms with Crippen LogP contribution in [0.15, 0.2) is 18.2 Å². The van der Waals surface area contributed by atoms with Gasteiger partial charge in [0.25, 0.3) is 0 Å². The zero-order valence-corrected chi connectivity index (χ0v) is 10.1. The Morgan fingerprint density at radius 1 is 1.18 bits per heavy atom. The van der Waals surface area contributed by atoms with Gasteiger partial charge in [0, 0.05) is 12.5 Å². The number of halogens is 3. The zero-order chi connectivity index (χ0) is 13.1. The molecule has 1 aromatic carbocycles. The zero-order valence-electron chi connectivity index (χ0n) is 10.1. The summed E-state index contributed by atoms with van der Waals surface area (Å²) >= 11 is 0. The van der Waals surface area contributed by atoms with E-state index in [0.717, 1.165) is 16.7 Å². The van der Waals surface area contributed by atoms with Crippen LogP contribution < -0.4 is 5.73 Å². The molecule has 0 amide bonds. The molecule has 1 unspecified atom stereocenters. The molecular weight excluding hydrogens is 227 g/mol. The van der Waals surface area contributed by atoms with Crippen LogP contribution in [-0.2, 0) is 0 Å². The summed E-state index contributed by atoms with van der Waals surface area (Å²) in [5, 5.41) is 0. The van der Waals surface area contributed by atoms with Gasteiger partial charge in [-0.25, -0.2) is 0 Å². The molecule has 4 heteroatoms. The highest BCUT2D eigenvalue weighted by atomic mass is 19.4. The van der Waals surface area contributed by atoms with Crippen LogP contribution in [0, 0.1) is 13.8 Å². The van der Waals surface area contributed by atoms with E-state index in [1.54, 1.807) is 0 Å². The Bertz CT molecular complexity index is 371. The van der Waals surface area contributed by atoms with Gasteiger partial charge in [0.1, 0.15) is 0 Å². The molecule has 0 aromatic heterocycles. The third kappa shape index (κ3) is 4.77. The molecule has 0 aliphatic carbocycles. The second-order valence-corrected chi connectivity index (χ2v) is 4.46. The molecule has 0 heterocycles. The van der Waals surface area contributed by atoms with Crippen LogP contribution in [0.25, 0.3) is 0 Å². The van der Waals surface area contributed by atoms with Crippen molar-refractivity contribution in [2.75, 3.05) is 0 Å². The molecule has 0 saturated carbocycles. The van der Waals surface area contributed by atoms with Gasteiger partial charge in [0.05, 0.1) is 0 Å². The molecule has 0 spiro atoms. The number of aryl methyl sites for hydroxylation is 2. The third-order valence-corrected chi connectivity index (χ3v) is 2.93. The van der Waals surface area contributed by atoms with Gasteiger partial charge >= 0.3 is 6.18 Å². The van der Waals surface area contributed by atoms with E-state index < -0.39 is 12.6 Å². The topological polar surface area (TPSA) is 26.0 Å². The molecule has 1 rings (SSSR count). The fourth-order valence-electron chi connectivity index (χ4n) is 1.68. The Hall–Kier alpha value is -1.03. The summed E-state index contributed by atoms with van der Waals surface area (Å²) < 4.78 is 36.0. The first-order chi connectivity index (χ1) is 7.79. The fraction of sp³-hybridized carbons (Fsp3) is 0.538. The van der Waals surface area contributed by atoms with Crippen LogP contribution in [-0.4, -0.2) is 6.18 Å². The van der Waals surface area contributed by atoms with E-state index >= 15 is 0 Å². The van der Waals surface area contributed by atoms with Crippen molar-refractivity contribution in [2.24, 2.45) is 5.73 Å². The van der Waals surface area contributed by atoms with Gasteiger partial charge in [-0.05, 0) is 43.4 Å². The molecule has 2 N–H and O–H groups in total. The first-order valence-electron chi connectivity index (χ1n) is 5.69. The summed E-state index contributed by atoms with van der Waals surface area (Å²) in [7, 11) is 0. The van der Waals surface area contributed by atoms with Gasteiger partial charge in [0.2, 0.25) is 0 Å². The first-order valence-corrected chi connectivity index (χ1v) is 5.69. The van der Waals surface area contributed by atoms with Crippen molar-refractivity contribution < 1.29 is 13.2 Å². The SMILES string of the molecule is Cc1ccc(C(N)CCCC(F)(F)F)cc1C. The van der Waals surface area contributed by atoms with Crippen LogP contribution in [0.5, 0.6) is 0 Å². The molecule has 0 bridgehead atoms. The van der Waals surface area contributed by atoms with E-state index in [-0.39, 0.29) is 12.5 Å². The van der Waals surface area contributed by atoms with E-state index in [1.165, 1.54) is 0 Å².